The molecule has 3 nitrogen and oxygen atoms in total. The topological polar surface area (TPSA) is 42.2 Å². The summed E-state index contributed by atoms with van der Waals surface area (Å²) in [5.74, 6) is 0. The molecule has 0 radical (unpaired) electrons. The van der Waals surface area contributed by atoms with E-state index in [1.54, 1.807) is 12.4 Å². The van der Waals surface area contributed by atoms with E-state index in [4.69, 9.17) is 28.9 Å². The van der Waals surface area contributed by atoms with E-state index in [2.05, 4.69) is 9.88 Å². The van der Waals surface area contributed by atoms with Gasteiger partial charge in [0.1, 0.15) is 0 Å². The first-order valence-electron chi connectivity index (χ1n) is 6.36. The van der Waals surface area contributed by atoms with Gasteiger partial charge in [0.2, 0.25) is 0 Å². The second-order valence-corrected chi connectivity index (χ2v) is 5.51. The minimum absolute atomic E-state index is 0.0953. The fraction of sp³-hybridized carbons (Fsp3) is 0.267. The predicted molar refractivity (Wildman–Crippen MR) is 84.0 cm³/mol. The average molecular weight is 310 g/mol. The van der Waals surface area contributed by atoms with Gasteiger partial charge in [0.15, 0.2) is 0 Å². The van der Waals surface area contributed by atoms with Gasteiger partial charge in [-0.3, -0.25) is 9.88 Å². The first-order valence-corrected chi connectivity index (χ1v) is 7.11. The zero-order chi connectivity index (χ0) is 14.5. The van der Waals surface area contributed by atoms with Gasteiger partial charge >= 0.3 is 0 Å². The number of nitrogens with two attached hydrogens (primary N) is 1. The van der Waals surface area contributed by atoms with Gasteiger partial charge in [0.05, 0.1) is 10.0 Å². The lowest BCUT2D eigenvalue weighted by Crippen LogP contribution is -2.30. The van der Waals surface area contributed by atoms with E-state index < -0.39 is 0 Å². The molecule has 0 bridgehead atoms. The number of rotatable bonds is 5. The molecule has 106 valence electrons. The van der Waals surface area contributed by atoms with Crippen molar-refractivity contribution in [1.29, 1.82) is 0 Å². The number of hydrogen-bond donors (Lipinski definition) is 1. The molecule has 2 aromatic rings. The van der Waals surface area contributed by atoms with Crippen molar-refractivity contribution in [3.8, 4) is 0 Å². The van der Waals surface area contributed by atoms with Gasteiger partial charge in [-0.15, -0.1) is 0 Å². The third-order valence-electron chi connectivity index (χ3n) is 3.27. The van der Waals surface area contributed by atoms with Gasteiger partial charge in [-0.2, -0.15) is 0 Å². The highest BCUT2D eigenvalue weighted by Gasteiger charge is 2.16. The fourth-order valence-electron chi connectivity index (χ4n) is 2.18. The van der Waals surface area contributed by atoms with Crippen LogP contribution in [0.5, 0.6) is 0 Å². The van der Waals surface area contributed by atoms with Crippen molar-refractivity contribution >= 4 is 23.2 Å². The van der Waals surface area contributed by atoms with E-state index in [1.165, 1.54) is 5.56 Å². The van der Waals surface area contributed by atoms with Gasteiger partial charge in [0, 0.05) is 31.5 Å². The maximum Gasteiger partial charge on any atom is 0.0595 e. The Balaban J connectivity index is 2.16. The summed E-state index contributed by atoms with van der Waals surface area (Å²) in [6.07, 6.45) is 3.58. The van der Waals surface area contributed by atoms with Crippen LogP contribution in [0.2, 0.25) is 10.0 Å². The summed E-state index contributed by atoms with van der Waals surface area (Å²) >= 11 is 12.0. The van der Waals surface area contributed by atoms with E-state index in [9.17, 15) is 0 Å². The summed E-state index contributed by atoms with van der Waals surface area (Å²) in [6.45, 7) is 1.31. The van der Waals surface area contributed by atoms with Crippen LogP contribution in [0.15, 0.2) is 42.7 Å². The van der Waals surface area contributed by atoms with E-state index >= 15 is 0 Å². The molecule has 5 heteroatoms. The lowest BCUT2D eigenvalue weighted by molar-refractivity contribution is 0.242. The standard InChI is InChI=1S/C15H17Cl2N3/c1-20(10-11-4-6-19-7-5-11)15(9-18)12-2-3-13(16)14(17)8-12/h2-8,15H,9-10,18H2,1H3. The number of hydrogen-bond acceptors (Lipinski definition) is 3. The predicted octanol–water partition coefficient (Wildman–Crippen LogP) is 3.52. The molecule has 0 saturated heterocycles. The molecule has 2 rings (SSSR count). The first kappa shape index (κ1) is 15.3. The molecule has 0 aliphatic carbocycles. The molecule has 1 atom stereocenters. The van der Waals surface area contributed by atoms with Crippen LogP contribution in [0.4, 0.5) is 0 Å². The molecule has 1 unspecified atom stereocenters. The highest BCUT2D eigenvalue weighted by Crippen LogP contribution is 2.28. The minimum atomic E-state index is 0.0953. The maximum absolute atomic E-state index is 6.08. The van der Waals surface area contributed by atoms with Gasteiger partial charge < -0.3 is 5.73 Å². The lowest BCUT2D eigenvalue weighted by Gasteiger charge is -2.27. The molecular weight excluding hydrogens is 293 g/mol. The quantitative estimate of drug-likeness (QED) is 0.919. The fourth-order valence-corrected chi connectivity index (χ4v) is 2.48. The van der Waals surface area contributed by atoms with Crippen molar-refractivity contribution in [1.82, 2.24) is 9.88 Å². The number of nitrogens with zero attached hydrogens (tertiary/aromatic N) is 2. The highest BCUT2D eigenvalue weighted by molar-refractivity contribution is 6.42. The molecule has 0 aliphatic heterocycles. The Bertz CT molecular complexity index is 560. The van der Waals surface area contributed by atoms with Crippen molar-refractivity contribution in [2.45, 2.75) is 12.6 Å². The SMILES string of the molecule is CN(Cc1ccncc1)C(CN)c1ccc(Cl)c(Cl)c1. The molecule has 2 N–H and O–H groups in total. The molecule has 0 spiro atoms. The van der Waals surface area contributed by atoms with Crippen LogP contribution in [0, 0.1) is 0 Å². The Kier molecular flexibility index (Phi) is 5.38. The summed E-state index contributed by atoms with van der Waals surface area (Å²) in [7, 11) is 2.04. The molecule has 1 aromatic carbocycles. The molecule has 1 aromatic heterocycles. The Labute approximate surface area is 129 Å². The minimum Gasteiger partial charge on any atom is -0.329 e. The van der Waals surface area contributed by atoms with Crippen molar-refractivity contribution < 1.29 is 0 Å². The van der Waals surface area contributed by atoms with E-state index in [1.807, 2.05) is 37.4 Å². The van der Waals surface area contributed by atoms with Gasteiger partial charge in [-0.05, 0) is 42.4 Å². The Hall–Kier alpha value is -1.13. The molecular formula is C15H17Cl2N3. The largest absolute Gasteiger partial charge is 0.329 e. The second kappa shape index (κ2) is 7.04. The van der Waals surface area contributed by atoms with Crippen molar-refractivity contribution in [2.75, 3.05) is 13.6 Å². The van der Waals surface area contributed by atoms with Crippen molar-refractivity contribution in [2.24, 2.45) is 5.73 Å². The van der Waals surface area contributed by atoms with Crippen LogP contribution in [0.3, 0.4) is 0 Å². The summed E-state index contributed by atoms with van der Waals surface area (Å²) in [5, 5.41) is 1.11. The second-order valence-electron chi connectivity index (χ2n) is 4.70. The van der Waals surface area contributed by atoms with Gasteiger partial charge in [-0.25, -0.2) is 0 Å². The maximum atomic E-state index is 6.08. The highest BCUT2D eigenvalue weighted by atomic mass is 35.5. The number of halogens is 2. The van der Waals surface area contributed by atoms with E-state index in [0.29, 0.717) is 16.6 Å². The molecule has 0 aliphatic rings. The molecule has 0 saturated carbocycles. The Morgan fingerprint density at radius 1 is 1.15 bits per heavy atom. The third kappa shape index (κ3) is 3.70. The molecule has 20 heavy (non-hydrogen) atoms. The summed E-state index contributed by atoms with van der Waals surface area (Å²) in [6, 6.07) is 9.75. The monoisotopic (exact) mass is 309 g/mol. The summed E-state index contributed by atoms with van der Waals surface area (Å²) in [4.78, 5) is 6.21. The molecule has 1 heterocycles. The molecule has 0 fully saturated rings. The smallest absolute Gasteiger partial charge is 0.0595 e. The van der Waals surface area contributed by atoms with Crippen molar-refractivity contribution in [3.05, 3.63) is 63.9 Å². The van der Waals surface area contributed by atoms with Crippen LogP contribution in [-0.4, -0.2) is 23.5 Å². The zero-order valence-corrected chi connectivity index (χ0v) is 12.8. The number of likely N-dealkylation sites (N-methyl/N-ethyl adjacent to an activating group) is 1. The van der Waals surface area contributed by atoms with E-state index in [0.717, 1.165) is 12.1 Å². The van der Waals surface area contributed by atoms with Crippen LogP contribution in [-0.2, 0) is 6.54 Å². The zero-order valence-electron chi connectivity index (χ0n) is 11.3. The van der Waals surface area contributed by atoms with Crippen LogP contribution in [0.1, 0.15) is 17.2 Å². The van der Waals surface area contributed by atoms with Gasteiger partial charge in [-0.1, -0.05) is 29.3 Å². The first-order chi connectivity index (χ1) is 9.61. The number of aromatic nitrogens is 1. The number of pyridine rings is 1. The van der Waals surface area contributed by atoms with E-state index in [-0.39, 0.29) is 6.04 Å². The normalized spacial score (nSPS) is 12.7. The Morgan fingerprint density at radius 3 is 2.45 bits per heavy atom. The van der Waals surface area contributed by atoms with Crippen LogP contribution in [0.25, 0.3) is 0 Å². The van der Waals surface area contributed by atoms with Gasteiger partial charge in [0.25, 0.3) is 0 Å². The summed E-state index contributed by atoms with van der Waals surface area (Å²) in [5.41, 5.74) is 8.18. The summed E-state index contributed by atoms with van der Waals surface area (Å²) < 4.78 is 0. The number of benzene rings is 1. The third-order valence-corrected chi connectivity index (χ3v) is 4.00. The van der Waals surface area contributed by atoms with Crippen LogP contribution < -0.4 is 5.73 Å². The van der Waals surface area contributed by atoms with Crippen molar-refractivity contribution in [3.63, 3.8) is 0 Å². The Morgan fingerprint density at radius 2 is 1.85 bits per heavy atom. The average Bonchev–Trinajstić information content (AvgIpc) is 2.44. The van der Waals surface area contributed by atoms with Crippen LogP contribution >= 0.6 is 23.2 Å². The molecule has 0 amide bonds. The lowest BCUT2D eigenvalue weighted by atomic mass is 10.1.